The van der Waals surface area contributed by atoms with Gasteiger partial charge in [-0.15, -0.1) is 0 Å². The van der Waals surface area contributed by atoms with E-state index >= 15 is 0 Å². The lowest BCUT2D eigenvalue weighted by Crippen LogP contribution is -2.82. The van der Waals surface area contributed by atoms with Crippen molar-refractivity contribution in [3.63, 3.8) is 0 Å². The van der Waals surface area contributed by atoms with Gasteiger partial charge in [0.15, 0.2) is 17.0 Å². The molecule has 0 aromatic heterocycles. The molecule has 5 atom stereocenters. The van der Waals surface area contributed by atoms with E-state index in [0.717, 1.165) is 5.56 Å². The van der Waals surface area contributed by atoms with E-state index < -0.39 is 33.1 Å². The standard InChI is InChI=1S/C28H33N3O6/c1-23(2)9-10-36-20-16(37-23)8-7-15-19(20)29-21(33)27(15)13-26-14-31-18(32)12-25(5,35)28(31,22(34)30(26)6)11-17(26)24(27,3)4/h7-10,17,35H,11-14H2,1-6H3,(H,29,33)/t17-,25+,26+,27+,28-/m0/s1. The van der Waals surface area contributed by atoms with Gasteiger partial charge in [-0.3, -0.25) is 14.4 Å². The summed E-state index contributed by atoms with van der Waals surface area (Å²) in [5, 5.41) is 14.6. The van der Waals surface area contributed by atoms with Crippen LogP contribution in [-0.4, -0.2) is 68.5 Å². The lowest BCUT2D eigenvalue weighted by Gasteiger charge is -2.65. The van der Waals surface area contributed by atoms with Gasteiger partial charge in [0.05, 0.1) is 29.3 Å². The zero-order chi connectivity index (χ0) is 26.6. The Morgan fingerprint density at radius 2 is 1.84 bits per heavy atom. The average Bonchev–Trinajstić information content (AvgIpc) is 3.22. The Bertz CT molecular complexity index is 1360. The summed E-state index contributed by atoms with van der Waals surface area (Å²) in [6.07, 6.45) is 4.05. The first-order chi connectivity index (χ1) is 17.1. The number of piperazine rings is 1. The molecule has 5 fully saturated rings. The molecule has 4 saturated heterocycles. The molecule has 0 radical (unpaired) electrons. The summed E-state index contributed by atoms with van der Waals surface area (Å²) in [5.41, 5.74) is -4.25. The molecule has 6 heterocycles. The van der Waals surface area contributed by atoms with Gasteiger partial charge in [0.25, 0.3) is 5.91 Å². The number of piperidine rings is 2. The molecule has 1 aromatic rings. The van der Waals surface area contributed by atoms with Crippen LogP contribution < -0.4 is 14.8 Å². The quantitative estimate of drug-likeness (QED) is 0.558. The van der Waals surface area contributed by atoms with Crippen molar-refractivity contribution in [3.8, 4) is 11.5 Å². The number of fused-ring (bicyclic) bond motifs is 5. The molecule has 9 heteroatoms. The largest absolute Gasteiger partial charge is 0.480 e. The Morgan fingerprint density at radius 3 is 2.57 bits per heavy atom. The van der Waals surface area contributed by atoms with E-state index in [1.54, 1.807) is 30.0 Å². The van der Waals surface area contributed by atoms with Crippen molar-refractivity contribution in [1.82, 2.24) is 9.80 Å². The van der Waals surface area contributed by atoms with E-state index in [2.05, 4.69) is 19.2 Å². The number of carbonyl (C=O) groups excluding carboxylic acids is 3. The zero-order valence-electron chi connectivity index (χ0n) is 22.1. The number of nitrogens with zero attached hydrogens (tertiary/aromatic N) is 2. The number of hydrogen-bond acceptors (Lipinski definition) is 6. The third-order valence-electron chi connectivity index (χ3n) is 10.8. The predicted octanol–water partition coefficient (Wildman–Crippen LogP) is 2.32. The van der Waals surface area contributed by atoms with Crippen LogP contribution in [0.4, 0.5) is 5.69 Å². The SMILES string of the molecule is CN1C(=O)[C@]23C[C@H]4C(C)(C)[C@@]5(C[C@@]41CN2C(=O)C[C@@]3(C)O)C(=O)Nc1c5ccc2c1OC=CC(C)(C)O2. The Morgan fingerprint density at radius 1 is 1.11 bits per heavy atom. The third kappa shape index (κ3) is 2.23. The van der Waals surface area contributed by atoms with Gasteiger partial charge in [-0.2, -0.15) is 0 Å². The molecule has 6 aliphatic heterocycles. The van der Waals surface area contributed by atoms with Gasteiger partial charge in [-0.25, -0.2) is 0 Å². The highest BCUT2D eigenvalue weighted by Gasteiger charge is 2.83. The van der Waals surface area contributed by atoms with Crippen molar-refractivity contribution in [1.29, 1.82) is 0 Å². The first-order valence-electron chi connectivity index (χ1n) is 13.0. The van der Waals surface area contributed by atoms with Gasteiger partial charge in [-0.1, -0.05) is 19.9 Å². The van der Waals surface area contributed by atoms with Gasteiger partial charge in [0.1, 0.15) is 11.2 Å². The number of anilines is 1. The monoisotopic (exact) mass is 507 g/mol. The highest BCUT2D eigenvalue weighted by molar-refractivity contribution is 6.10. The molecule has 0 unspecified atom stereocenters. The molecule has 9 nitrogen and oxygen atoms in total. The van der Waals surface area contributed by atoms with Crippen LogP contribution in [0, 0.1) is 11.3 Å². The van der Waals surface area contributed by atoms with Crippen molar-refractivity contribution in [3.05, 3.63) is 30.0 Å². The van der Waals surface area contributed by atoms with Crippen LogP contribution in [0.5, 0.6) is 11.5 Å². The fourth-order valence-electron chi connectivity index (χ4n) is 8.91. The zero-order valence-corrected chi connectivity index (χ0v) is 22.1. The molecule has 196 valence electrons. The number of aliphatic hydroxyl groups is 1. The number of nitrogens with one attached hydrogen (secondary N) is 1. The molecule has 2 bridgehead atoms. The summed E-state index contributed by atoms with van der Waals surface area (Å²) in [6, 6.07) is 3.81. The van der Waals surface area contributed by atoms with Gasteiger partial charge >= 0.3 is 0 Å². The van der Waals surface area contributed by atoms with Crippen LogP contribution in [0.15, 0.2) is 24.5 Å². The lowest BCUT2D eigenvalue weighted by atomic mass is 9.55. The topological polar surface area (TPSA) is 108 Å². The fourth-order valence-corrected chi connectivity index (χ4v) is 8.91. The van der Waals surface area contributed by atoms with Crippen molar-refractivity contribution in [2.24, 2.45) is 11.3 Å². The summed E-state index contributed by atoms with van der Waals surface area (Å²) in [4.78, 5) is 44.6. The minimum absolute atomic E-state index is 0.0718. The smallest absolute Gasteiger partial charge is 0.251 e. The highest BCUT2D eigenvalue weighted by Crippen LogP contribution is 2.73. The number of rotatable bonds is 0. The molecule has 37 heavy (non-hydrogen) atoms. The van der Waals surface area contributed by atoms with E-state index in [0.29, 0.717) is 36.6 Å². The second-order valence-electron chi connectivity index (χ2n) is 13.2. The maximum absolute atomic E-state index is 14.2. The average molecular weight is 508 g/mol. The van der Waals surface area contributed by atoms with Crippen molar-refractivity contribution in [2.75, 3.05) is 18.9 Å². The Kier molecular flexibility index (Phi) is 3.83. The minimum Gasteiger partial charge on any atom is -0.480 e. The minimum atomic E-state index is -1.48. The first-order valence-corrected chi connectivity index (χ1v) is 13.0. The number of ether oxygens (including phenoxy) is 2. The van der Waals surface area contributed by atoms with Crippen molar-refractivity contribution in [2.45, 2.75) is 81.6 Å². The van der Waals surface area contributed by atoms with Crippen LogP contribution in [0.1, 0.15) is 59.4 Å². The molecule has 1 aromatic carbocycles. The molecule has 1 aliphatic carbocycles. The van der Waals surface area contributed by atoms with Gasteiger partial charge < -0.3 is 29.7 Å². The Hall–Kier alpha value is -3.07. The van der Waals surface area contributed by atoms with Crippen molar-refractivity contribution < 1.29 is 29.0 Å². The molecule has 3 spiro atoms. The number of carbonyl (C=O) groups is 3. The number of amides is 3. The summed E-state index contributed by atoms with van der Waals surface area (Å²) < 4.78 is 12.2. The van der Waals surface area contributed by atoms with E-state index in [4.69, 9.17) is 9.47 Å². The normalized spacial score (nSPS) is 41.6. The number of benzene rings is 1. The maximum atomic E-state index is 14.2. The third-order valence-corrected chi connectivity index (χ3v) is 10.8. The Labute approximate surface area is 215 Å². The van der Waals surface area contributed by atoms with Gasteiger partial charge in [0.2, 0.25) is 11.8 Å². The van der Waals surface area contributed by atoms with Crippen LogP contribution in [0.2, 0.25) is 0 Å². The molecular weight excluding hydrogens is 474 g/mol. The summed E-state index contributed by atoms with van der Waals surface area (Å²) in [6.45, 7) is 9.97. The van der Waals surface area contributed by atoms with Crippen LogP contribution in [0.3, 0.4) is 0 Å². The van der Waals surface area contributed by atoms with Gasteiger partial charge in [-0.05, 0) is 62.7 Å². The van der Waals surface area contributed by atoms with Crippen LogP contribution in [0.25, 0.3) is 0 Å². The first kappa shape index (κ1) is 23.1. The van der Waals surface area contributed by atoms with Crippen molar-refractivity contribution >= 4 is 23.4 Å². The van der Waals surface area contributed by atoms with Crippen LogP contribution >= 0.6 is 0 Å². The molecule has 7 aliphatic rings. The lowest BCUT2D eigenvalue weighted by molar-refractivity contribution is -0.207. The van der Waals surface area contributed by atoms with Gasteiger partial charge in [0, 0.05) is 13.6 Å². The molecule has 1 saturated carbocycles. The van der Waals surface area contributed by atoms with E-state index in [1.807, 2.05) is 32.1 Å². The highest BCUT2D eigenvalue weighted by atomic mass is 16.5. The second-order valence-corrected chi connectivity index (χ2v) is 13.2. The summed E-state index contributed by atoms with van der Waals surface area (Å²) in [5.74, 6) is 0.322. The predicted molar refractivity (Wildman–Crippen MR) is 133 cm³/mol. The number of hydrogen-bond donors (Lipinski definition) is 2. The van der Waals surface area contributed by atoms with E-state index in [1.165, 1.54) is 0 Å². The molecular formula is C28H33N3O6. The molecule has 8 rings (SSSR count). The summed E-state index contributed by atoms with van der Waals surface area (Å²) in [7, 11) is 1.77. The fraction of sp³-hybridized carbons (Fsp3) is 0.607. The summed E-state index contributed by atoms with van der Waals surface area (Å²) >= 11 is 0. The second kappa shape index (κ2) is 6.14. The van der Waals surface area contributed by atoms with Crippen LogP contribution in [-0.2, 0) is 19.8 Å². The maximum Gasteiger partial charge on any atom is 0.251 e. The number of likely N-dealkylation sites (N-methyl/N-ethyl adjacent to an activating group) is 1. The Balaban J connectivity index is 1.43. The van der Waals surface area contributed by atoms with E-state index in [-0.39, 0.29) is 30.1 Å². The van der Waals surface area contributed by atoms with E-state index in [9.17, 15) is 19.5 Å². The molecule has 3 amide bonds. The molecule has 2 N–H and O–H groups in total.